The van der Waals surface area contributed by atoms with Gasteiger partial charge < -0.3 is 9.64 Å². The highest BCUT2D eigenvalue weighted by atomic mass is 16.5. The number of piperazine rings is 1. The zero-order chi connectivity index (χ0) is 25.2. The SMILES string of the molecule is C[C@@H]1CN(c2cccc3cc(C#N)ccc23)CCN1CC[C@@H]1OCCc2cc(-c3ccncc3)ccc21. The van der Waals surface area contributed by atoms with Gasteiger partial charge in [-0.1, -0.05) is 36.4 Å². The Hall–Kier alpha value is -3.72. The lowest BCUT2D eigenvalue weighted by molar-refractivity contribution is 0.0255. The molecule has 1 fully saturated rings. The van der Waals surface area contributed by atoms with Gasteiger partial charge in [0, 0.05) is 55.7 Å². The Morgan fingerprint density at radius 2 is 1.89 bits per heavy atom. The monoisotopic (exact) mass is 488 g/mol. The average Bonchev–Trinajstić information content (AvgIpc) is 2.96. The van der Waals surface area contributed by atoms with E-state index in [4.69, 9.17) is 4.74 Å². The molecule has 2 atom stereocenters. The van der Waals surface area contributed by atoms with E-state index in [2.05, 4.69) is 82.4 Å². The van der Waals surface area contributed by atoms with Crippen LogP contribution in [0.2, 0.25) is 0 Å². The fourth-order valence-corrected chi connectivity index (χ4v) is 5.94. The van der Waals surface area contributed by atoms with Crippen LogP contribution in [0.5, 0.6) is 0 Å². The predicted octanol–water partition coefficient (Wildman–Crippen LogP) is 5.99. The molecule has 5 nitrogen and oxygen atoms in total. The van der Waals surface area contributed by atoms with E-state index in [0.717, 1.165) is 51.0 Å². The summed E-state index contributed by atoms with van der Waals surface area (Å²) in [6.45, 7) is 7.19. The smallest absolute Gasteiger partial charge is 0.0991 e. The van der Waals surface area contributed by atoms with Gasteiger partial charge in [-0.25, -0.2) is 0 Å². The van der Waals surface area contributed by atoms with Crippen LogP contribution in [0.15, 0.2) is 79.1 Å². The van der Waals surface area contributed by atoms with E-state index in [0.29, 0.717) is 11.6 Å². The molecular formula is C32H32N4O. The van der Waals surface area contributed by atoms with Crippen molar-refractivity contribution in [2.24, 2.45) is 0 Å². The molecule has 6 rings (SSSR count). The first-order chi connectivity index (χ1) is 18.2. The molecule has 0 spiro atoms. The standard InChI is InChI=1S/C32H32N4O/c1-23-22-36(31-4-2-3-27-19-24(21-33)5-7-29(27)31)17-16-35(23)15-11-32-30-8-6-26(20-28(30)12-18-37-32)25-9-13-34-14-10-25/h2-10,13-14,19-20,23,32H,11-12,15-18,22H2,1H3/t23-,32+/m1/s1. The van der Waals surface area contributed by atoms with Gasteiger partial charge in [-0.05, 0) is 77.7 Å². The van der Waals surface area contributed by atoms with Crippen LogP contribution >= 0.6 is 0 Å². The maximum atomic E-state index is 9.26. The fourth-order valence-electron chi connectivity index (χ4n) is 5.94. The van der Waals surface area contributed by atoms with Gasteiger partial charge in [0.2, 0.25) is 0 Å². The number of rotatable bonds is 5. The summed E-state index contributed by atoms with van der Waals surface area (Å²) in [5, 5.41) is 11.6. The van der Waals surface area contributed by atoms with Crippen LogP contribution in [0, 0.1) is 11.3 Å². The van der Waals surface area contributed by atoms with Crippen LogP contribution in [-0.4, -0.2) is 48.7 Å². The van der Waals surface area contributed by atoms with Gasteiger partial charge in [-0.3, -0.25) is 9.88 Å². The highest BCUT2D eigenvalue weighted by molar-refractivity contribution is 5.95. The maximum absolute atomic E-state index is 9.26. The predicted molar refractivity (Wildman–Crippen MR) is 149 cm³/mol. The third-order valence-corrected chi connectivity index (χ3v) is 7.96. The largest absolute Gasteiger partial charge is 0.373 e. The second-order valence-corrected chi connectivity index (χ2v) is 10.2. The van der Waals surface area contributed by atoms with E-state index in [1.807, 2.05) is 24.5 Å². The van der Waals surface area contributed by atoms with Crippen LogP contribution in [0.4, 0.5) is 5.69 Å². The van der Waals surface area contributed by atoms with E-state index in [1.165, 1.54) is 33.3 Å². The van der Waals surface area contributed by atoms with Crippen LogP contribution in [0.25, 0.3) is 21.9 Å². The summed E-state index contributed by atoms with van der Waals surface area (Å²) in [5.74, 6) is 0. The normalized spacial score (nSPS) is 19.9. The summed E-state index contributed by atoms with van der Waals surface area (Å²) in [6.07, 6.45) is 5.85. The van der Waals surface area contributed by atoms with Crippen molar-refractivity contribution in [3.8, 4) is 17.2 Å². The molecule has 0 radical (unpaired) electrons. The Morgan fingerprint density at radius 3 is 2.73 bits per heavy atom. The highest BCUT2D eigenvalue weighted by Crippen LogP contribution is 2.34. The molecule has 0 amide bonds. The van der Waals surface area contributed by atoms with Crippen molar-refractivity contribution in [3.63, 3.8) is 0 Å². The summed E-state index contributed by atoms with van der Waals surface area (Å²) >= 11 is 0. The number of ether oxygens (including phenoxy) is 1. The zero-order valence-electron chi connectivity index (χ0n) is 21.3. The van der Waals surface area contributed by atoms with Gasteiger partial charge in [-0.2, -0.15) is 5.26 Å². The minimum absolute atomic E-state index is 0.160. The molecule has 5 heteroatoms. The van der Waals surface area contributed by atoms with Crippen LogP contribution in [-0.2, 0) is 11.2 Å². The molecule has 0 saturated carbocycles. The number of hydrogen-bond acceptors (Lipinski definition) is 5. The van der Waals surface area contributed by atoms with Gasteiger partial charge in [0.15, 0.2) is 0 Å². The fraction of sp³-hybridized carbons (Fsp3) is 0.312. The minimum atomic E-state index is 0.160. The molecule has 0 N–H and O–H groups in total. The van der Waals surface area contributed by atoms with Crippen molar-refractivity contribution in [2.45, 2.75) is 31.9 Å². The third-order valence-electron chi connectivity index (χ3n) is 7.96. The lowest BCUT2D eigenvalue weighted by atomic mass is 9.92. The zero-order valence-corrected chi connectivity index (χ0v) is 21.3. The molecule has 4 aromatic rings. The van der Waals surface area contributed by atoms with Gasteiger partial charge in [-0.15, -0.1) is 0 Å². The van der Waals surface area contributed by atoms with Crippen LogP contribution < -0.4 is 4.90 Å². The molecule has 0 aliphatic carbocycles. The number of aromatic nitrogens is 1. The molecule has 3 aromatic carbocycles. The molecule has 0 unspecified atom stereocenters. The topological polar surface area (TPSA) is 52.4 Å². The van der Waals surface area contributed by atoms with Crippen LogP contribution in [0.3, 0.4) is 0 Å². The molecule has 1 aromatic heterocycles. The Morgan fingerprint density at radius 1 is 1.00 bits per heavy atom. The van der Waals surface area contributed by atoms with Gasteiger partial charge >= 0.3 is 0 Å². The van der Waals surface area contributed by atoms with Crippen molar-refractivity contribution >= 4 is 16.5 Å². The summed E-state index contributed by atoms with van der Waals surface area (Å²) in [5.41, 5.74) is 7.21. The Balaban J connectivity index is 1.11. The Kier molecular flexibility index (Phi) is 6.61. The second-order valence-electron chi connectivity index (χ2n) is 10.2. The van der Waals surface area contributed by atoms with Gasteiger partial charge in [0.25, 0.3) is 0 Å². The first kappa shape index (κ1) is 23.7. The first-order valence-corrected chi connectivity index (χ1v) is 13.3. The van der Waals surface area contributed by atoms with Crippen molar-refractivity contribution in [1.82, 2.24) is 9.88 Å². The van der Waals surface area contributed by atoms with Crippen molar-refractivity contribution in [2.75, 3.05) is 37.7 Å². The third kappa shape index (κ3) is 4.83. The van der Waals surface area contributed by atoms with E-state index in [9.17, 15) is 5.26 Å². The van der Waals surface area contributed by atoms with Crippen LogP contribution in [0.1, 0.15) is 36.1 Å². The van der Waals surface area contributed by atoms with Crippen molar-refractivity contribution in [3.05, 3.63) is 95.8 Å². The summed E-state index contributed by atoms with van der Waals surface area (Å²) < 4.78 is 6.26. The minimum Gasteiger partial charge on any atom is -0.373 e. The maximum Gasteiger partial charge on any atom is 0.0991 e. The molecule has 3 heterocycles. The summed E-state index contributed by atoms with van der Waals surface area (Å²) in [7, 11) is 0. The molecule has 1 saturated heterocycles. The lowest BCUT2D eigenvalue weighted by Gasteiger charge is -2.42. The van der Waals surface area contributed by atoms with E-state index in [-0.39, 0.29) is 6.10 Å². The first-order valence-electron chi connectivity index (χ1n) is 13.3. The highest BCUT2D eigenvalue weighted by Gasteiger charge is 2.27. The lowest BCUT2D eigenvalue weighted by Crippen LogP contribution is -2.52. The van der Waals surface area contributed by atoms with Gasteiger partial charge in [0.1, 0.15) is 0 Å². The molecule has 0 bridgehead atoms. The number of benzene rings is 3. The Labute approximate surface area is 218 Å². The second kappa shape index (κ2) is 10.3. The Bertz CT molecular complexity index is 1440. The average molecular weight is 489 g/mol. The summed E-state index contributed by atoms with van der Waals surface area (Å²) in [6, 6.07) is 26.1. The molecular weight excluding hydrogens is 456 g/mol. The molecule has 2 aliphatic heterocycles. The number of nitriles is 1. The van der Waals surface area contributed by atoms with E-state index in [1.54, 1.807) is 0 Å². The van der Waals surface area contributed by atoms with Crippen molar-refractivity contribution < 1.29 is 4.74 Å². The number of pyridine rings is 1. The number of anilines is 1. The molecule has 2 aliphatic rings. The van der Waals surface area contributed by atoms with Crippen molar-refractivity contribution in [1.29, 1.82) is 5.26 Å². The number of nitrogens with zero attached hydrogens (tertiary/aromatic N) is 4. The summed E-state index contributed by atoms with van der Waals surface area (Å²) in [4.78, 5) is 9.26. The number of hydrogen-bond donors (Lipinski definition) is 0. The van der Waals surface area contributed by atoms with E-state index < -0.39 is 0 Å². The molecule has 186 valence electrons. The quantitative estimate of drug-likeness (QED) is 0.345. The molecule has 37 heavy (non-hydrogen) atoms. The van der Waals surface area contributed by atoms with E-state index >= 15 is 0 Å². The number of fused-ring (bicyclic) bond motifs is 2. The van der Waals surface area contributed by atoms with Gasteiger partial charge in [0.05, 0.1) is 24.3 Å².